The Bertz CT molecular complexity index is 1220. The molecule has 0 aliphatic carbocycles. The first-order valence-corrected chi connectivity index (χ1v) is 12.0. The maximum absolute atomic E-state index is 13.2. The molecule has 0 saturated carbocycles. The van der Waals surface area contributed by atoms with Crippen LogP contribution < -0.4 is 15.0 Å². The summed E-state index contributed by atoms with van der Waals surface area (Å²) in [6, 6.07) is 14.1. The number of anilines is 3. The summed E-state index contributed by atoms with van der Waals surface area (Å²) in [4.78, 5) is 11.4. The van der Waals surface area contributed by atoms with Crippen molar-refractivity contribution in [3.63, 3.8) is 0 Å². The van der Waals surface area contributed by atoms with Crippen LogP contribution in [0.3, 0.4) is 0 Å². The van der Waals surface area contributed by atoms with Gasteiger partial charge in [0.15, 0.2) is 0 Å². The average Bonchev–Trinajstić information content (AvgIpc) is 2.80. The number of sulfonamides is 1. The molecule has 2 heterocycles. The lowest BCUT2D eigenvalue weighted by Crippen LogP contribution is -2.54. The van der Waals surface area contributed by atoms with E-state index < -0.39 is 10.0 Å². The number of benzene rings is 2. The van der Waals surface area contributed by atoms with Crippen LogP contribution in [0.15, 0.2) is 59.5 Å². The molecule has 1 unspecified atom stereocenters. The van der Waals surface area contributed by atoms with E-state index in [4.69, 9.17) is 4.74 Å². The minimum atomic E-state index is -3.62. The van der Waals surface area contributed by atoms with Gasteiger partial charge >= 0.3 is 0 Å². The lowest BCUT2D eigenvalue weighted by molar-refractivity contribution is 0.339. The number of methoxy groups -OCH3 is 1. The molecule has 1 aromatic heterocycles. The molecule has 1 aliphatic rings. The molecule has 1 saturated heterocycles. The highest BCUT2D eigenvalue weighted by atomic mass is 32.2. The summed E-state index contributed by atoms with van der Waals surface area (Å²) in [5, 5.41) is 3.17. The van der Waals surface area contributed by atoms with Gasteiger partial charge in [0.1, 0.15) is 17.4 Å². The van der Waals surface area contributed by atoms with Crippen molar-refractivity contribution in [3.8, 4) is 5.75 Å². The summed E-state index contributed by atoms with van der Waals surface area (Å²) in [6.07, 6.45) is 0. The van der Waals surface area contributed by atoms with Gasteiger partial charge in [0.2, 0.25) is 16.0 Å². The highest BCUT2D eigenvalue weighted by Gasteiger charge is 2.33. The van der Waals surface area contributed by atoms with Gasteiger partial charge in [0.25, 0.3) is 0 Å². The number of aromatic nitrogens is 2. The Morgan fingerprint density at radius 1 is 1.06 bits per heavy atom. The molecule has 3 aromatic rings. The summed E-state index contributed by atoms with van der Waals surface area (Å²) in [5.74, 6) is 1.41. The van der Waals surface area contributed by atoms with Crippen LogP contribution in [-0.4, -0.2) is 55.5 Å². The highest BCUT2D eigenvalue weighted by molar-refractivity contribution is 7.89. The Hall–Kier alpha value is -3.24. The molecular formula is C23H26FN5O3S. The van der Waals surface area contributed by atoms with E-state index in [-0.39, 0.29) is 16.8 Å². The van der Waals surface area contributed by atoms with Crippen LogP contribution in [0.25, 0.3) is 0 Å². The van der Waals surface area contributed by atoms with Gasteiger partial charge in [-0.3, -0.25) is 0 Å². The van der Waals surface area contributed by atoms with Gasteiger partial charge < -0.3 is 15.0 Å². The highest BCUT2D eigenvalue weighted by Crippen LogP contribution is 2.25. The predicted molar refractivity (Wildman–Crippen MR) is 125 cm³/mol. The first-order valence-electron chi connectivity index (χ1n) is 10.6. The third kappa shape index (κ3) is 5.07. The standard InChI is InChI=1S/C23H26FN5O3S/c1-16-14-22(26-19-6-4-18(24)5-7-19)27-23(25-16)29-13-12-28(15-17(29)2)33(30,31)21-10-8-20(32-3)9-11-21/h4-11,14,17H,12-13,15H2,1-3H3,(H,25,26,27). The molecule has 174 valence electrons. The number of nitrogens with one attached hydrogen (secondary N) is 1. The van der Waals surface area contributed by atoms with E-state index in [0.717, 1.165) is 5.69 Å². The minimum absolute atomic E-state index is 0.132. The maximum Gasteiger partial charge on any atom is 0.243 e. The van der Waals surface area contributed by atoms with Gasteiger partial charge in [-0.2, -0.15) is 9.29 Å². The molecule has 0 amide bonds. The summed E-state index contributed by atoms with van der Waals surface area (Å²) < 4.78 is 46.0. The van der Waals surface area contributed by atoms with Gasteiger partial charge in [0.05, 0.1) is 12.0 Å². The monoisotopic (exact) mass is 471 g/mol. The molecule has 0 spiro atoms. The van der Waals surface area contributed by atoms with E-state index >= 15 is 0 Å². The second-order valence-electron chi connectivity index (χ2n) is 7.91. The Kier molecular flexibility index (Phi) is 6.48. The number of rotatable bonds is 6. The molecule has 1 atom stereocenters. The van der Waals surface area contributed by atoms with Gasteiger partial charge in [-0.05, 0) is 62.4 Å². The van der Waals surface area contributed by atoms with Gasteiger partial charge in [0, 0.05) is 43.1 Å². The first-order chi connectivity index (χ1) is 15.8. The van der Waals surface area contributed by atoms with Gasteiger partial charge in [-0.25, -0.2) is 17.8 Å². The fourth-order valence-corrected chi connectivity index (χ4v) is 5.28. The largest absolute Gasteiger partial charge is 0.497 e. The number of hydrogen-bond acceptors (Lipinski definition) is 7. The molecule has 0 bridgehead atoms. The van der Waals surface area contributed by atoms with E-state index in [0.29, 0.717) is 42.8 Å². The van der Waals surface area contributed by atoms with Crippen LogP contribution in [0, 0.1) is 12.7 Å². The molecule has 8 nitrogen and oxygen atoms in total. The zero-order chi connectivity index (χ0) is 23.6. The number of hydrogen-bond donors (Lipinski definition) is 1. The zero-order valence-electron chi connectivity index (χ0n) is 18.7. The number of ether oxygens (including phenoxy) is 1. The molecule has 0 radical (unpaired) electrons. The molecule has 1 aliphatic heterocycles. The van der Waals surface area contributed by atoms with E-state index in [2.05, 4.69) is 15.3 Å². The summed E-state index contributed by atoms with van der Waals surface area (Å²) in [6.45, 7) is 4.91. The first kappa shape index (κ1) is 22.9. The summed E-state index contributed by atoms with van der Waals surface area (Å²) in [5.41, 5.74) is 1.48. The van der Waals surface area contributed by atoms with Crippen molar-refractivity contribution in [2.24, 2.45) is 0 Å². The predicted octanol–water partition coefficient (Wildman–Crippen LogP) is 3.58. The fourth-order valence-electron chi connectivity index (χ4n) is 3.76. The summed E-state index contributed by atoms with van der Waals surface area (Å²) >= 11 is 0. The number of aryl methyl sites for hydroxylation is 1. The molecule has 4 rings (SSSR count). The van der Waals surface area contributed by atoms with Crippen molar-refractivity contribution in [1.29, 1.82) is 0 Å². The van der Waals surface area contributed by atoms with Crippen molar-refractivity contribution in [1.82, 2.24) is 14.3 Å². The number of piperazine rings is 1. The molecular weight excluding hydrogens is 445 g/mol. The third-order valence-corrected chi connectivity index (χ3v) is 7.38. The number of nitrogens with zero attached hydrogens (tertiary/aromatic N) is 4. The van der Waals surface area contributed by atoms with Crippen LogP contribution in [-0.2, 0) is 10.0 Å². The smallest absolute Gasteiger partial charge is 0.243 e. The van der Waals surface area contributed by atoms with Gasteiger partial charge in [-0.15, -0.1) is 0 Å². The third-order valence-electron chi connectivity index (χ3n) is 5.50. The molecule has 1 N–H and O–H groups in total. The van der Waals surface area contributed by atoms with Crippen LogP contribution >= 0.6 is 0 Å². The van der Waals surface area contributed by atoms with Crippen molar-refractivity contribution in [2.75, 3.05) is 37.0 Å². The Morgan fingerprint density at radius 2 is 1.76 bits per heavy atom. The molecule has 10 heteroatoms. The minimum Gasteiger partial charge on any atom is -0.497 e. The number of halogens is 1. The lowest BCUT2D eigenvalue weighted by Gasteiger charge is -2.39. The van der Waals surface area contributed by atoms with Crippen LogP contribution in [0.5, 0.6) is 5.75 Å². The second kappa shape index (κ2) is 9.32. The average molecular weight is 472 g/mol. The van der Waals surface area contributed by atoms with Gasteiger partial charge in [-0.1, -0.05) is 0 Å². The van der Waals surface area contributed by atoms with E-state index in [1.165, 1.54) is 16.4 Å². The molecule has 2 aromatic carbocycles. The topological polar surface area (TPSA) is 87.7 Å². The van der Waals surface area contributed by atoms with Crippen molar-refractivity contribution < 1.29 is 17.5 Å². The SMILES string of the molecule is COc1ccc(S(=O)(=O)N2CCN(c3nc(C)cc(Nc4ccc(F)cc4)n3)C(C)C2)cc1. The van der Waals surface area contributed by atoms with Crippen LogP contribution in [0.4, 0.5) is 21.8 Å². The summed E-state index contributed by atoms with van der Waals surface area (Å²) in [7, 11) is -2.08. The van der Waals surface area contributed by atoms with Crippen molar-refractivity contribution >= 4 is 27.5 Å². The fraction of sp³-hybridized carbons (Fsp3) is 0.304. The lowest BCUT2D eigenvalue weighted by atomic mass is 10.2. The molecule has 1 fully saturated rings. The maximum atomic E-state index is 13.2. The van der Waals surface area contributed by atoms with Crippen LogP contribution in [0.2, 0.25) is 0 Å². The Morgan fingerprint density at radius 3 is 2.39 bits per heavy atom. The van der Waals surface area contributed by atoms with E-state index in [1.54, 1.807) is 43.5 Å². The van der Waals surface area contributed by atoms with E-state index in [1.807, 2.05) is 24.8 Å². The van der Waals surface area contributed by atoms with E-state index in [9.17, 15) is 12.8 Å². The Balaban J connectivity index is 1.50. The molecule has 33 heavy (non-hydrogen) atoms. The Labute approximate surface area is 193 Å². The van der Waals surface area contributed by atoms with Crippen molar-refractivity contribution in [2.45, 2.75) is 24.8 Å². The normalized spacial score (nSPS) is 17.1. The van der Waals surface area contributed by atoms with Crippen molar-refractivity contribution in [3.05, 3.63) is 66.1 Å². The zero-order valence-corrected chi connectivity index (χ0v) is 19.5. The second-order valence-corrected chi connectivity index (χ2v) is 9.85. The van der Waals surface area contributed by atoms with Crippen LogP contribution in [0.1, 0.15) is 12.6 Å². The quantitative estimate of drug-likeness (QED) is 0.588.